The van der Waals surface area contributed by atoms with Crippen molar-refractivity contribution in [1.82, 2.24) is 15.0 Å². The standard InChI is InChI=1S/C22H20N4O5/c1-29-19-8-14(10-24-21(19)31-3)17-5-4-16-18(25-17)12-26(22(16)28)15-6-13(9-23-11-15)7-20(27)30-2/h4-6,8-11H,7,12H2,1-3H3. The topological polar surface area (TPSA) is 104 Å². The van der Waals surface area contributed by atoms with Gasteiger partial charge in [-0.3, -0.25) is 19.6 Å². The Morgan fingerprint density at radius 3 is 2.68 bits per heavy atom. The van der Waals surface area contributed by atoms with Crippen LogP contribution in [0.15, 0.2) is 42.9 Å². The van der Waals surface area contributed by atoms with Crippen LogP contribution < -0.4 is 14.4 Å². The summed E-state index contributed by atoms with van der Waals surface area (Å²) in [4.78, 5) is 39.1. The summed E-state index contributed by atoms with van der Waals surface area (Å²) in [5.41, 5.74) is 3.84. The van der Waals surface area contributed by atoms with Gasteiger partial charge in [-0.25, -0.2) is 4.98 Å². The molecule has 0 N–H and O–H groups in total. The third-order valence-electron chi connectivity index (χ3n) is 4.95. The van der Waals surface area contributed by atoms with Gasteiger partial charge in [0.1, 0.15) is 0 Å². The lowest BCUT2D eigenvalue weighted by Gasteiger charge is -2.15. The number of nitrogens with zero attached hydrogens (tertiary/aromatic N) is 4. The van der Waals surface area contributed by atoms with Gasteiger partial charge in [0.15, 0.2) is 5.75 Å². The number of amides is 1. The number of anilines is 1. The lowest BCUT2D eigenvalue weighted by Crippen LogP contribution is -2.23. The second kappa shape index (κ2) is 8.39. The van der Waals surface area contributed by atoms with Crippen molar-refractivity contribution in [2.45, 2.75) is 13.0 Å². The lowest BCUT2D eigenvalue weighted by atomic mass is 10.1. The number of fused-ring (bicyclic) bond motifs is 1. The molecule has 0 saturated heterocycles. The molecule has 0 atom stereocenters. The van der Waals surface area contributed by atoms with E-state index in [2.05, 4.69) is 15.0 Å². The van der Waals surface area contributed by atoms with Crippen LogP contribution in [-0.4, -0.2) is 48.2 Å². The monoisotopic (exact) mass is 420 g/mol. The maximum atomic E-state index is 12.9. The van der Waals surface area contributed by atoms with Crippen LogP contribution in [0.1, 0.15) is 21.6 Å². The molecule has 1 aliphatic heterocycles. The minimum absolute atomic E-state index is 0.0843. The number of methoxy groups -OCH3 is 3. The van der Waals surface area contributed by atoms with E-state index in [1.807, 2.05) is 0 Å². The Hall–Kier alpha value is -4.01. The van der Waals surface area contributed by atoms with Crippen LogP contribution in [0.3, 0.4) is 0 Å². The largest absolute Gasteiger partial charge is 0.491 e. The Bertz CT molecular complexity index is 1160. The molecule has 0 unspecified atom stereocenters. The molecule has 158 valence electrons. The van der Waals surface area contributed by atoms with Crippen molar-refractivity contribution in [1.29, 1.82) is 0 Å². The van der Waals surface area contributed by atoms with Crippen molar-refractivity contribution in [3.8, 4) is 22.9 Å². The number of ether oxygens (including phenoxy) is 3. The summed E-state index contributed by atoms with van der Waals surface area (Å²) in [6, 6.07) is 7.07. The van der Waals surface area contributed by atoms with Gasteiger partial charge in [0, 0.05) is 18.0 Å². The molecule has 0 fully saturated rings. The summed E-state index contributed by atoms with van der Waals surface area (Å²) >= 11 is 0. The van der Waals surface area contributed by atoms with Crippen molar-refractivity contribution in [3.63, 3.8) is 0 Å². The van der Waals surface area contributed by atoms with Crippen LogP contribution in [0, 0.1) is 0 Å². The van der Waals surface area contributed by atoms with Gasteiger partial charge in [0.05, 0.1) is 63.1 Å². The summed E-state index contributed by atoms with van der Waals surface area (Å²) in [5, 5.41) is 0. The number of esters is 1. The second-order valence-corrected chi connectivity index (χ2v) is 6.82. The molecule has 1 amide bonds. The molecule has 9 nitrogen and oxygen atoms in total. The second-order valence-electron chi connectivity index (χ2n) is 6.82. The molecule has 9 heteroatoms. The Morgan fingerprint density at radius 2 is 1.94 bits per heavy atom. The molecule has 1 aliphatic rings. The first-order chi connectivity index (χ1) is 15.0. The molecule has 31 heavy (non-hydrogen) atoms. The highest BCUT2D eigenvalue weighted by molar-refractivity contribution is 6.09. The number of hydrogen-bond donors (Lipinski definition) is 0. The fourth-order valence-corrected chi connectivity index (χ4v) is 3.38. The van der Waals surface area contributed by atoms with Crippen molar-refractivity contribution >= 4 is 17.6 Å². The predicted molar refractivity (Wildman–Crippen MR) is 111 cm³/mol. The van der Waals surface area contributed by atoms with Gasteiger partial charge in [-0.05, 0) is 29.8 Å². The van der Waals surface area contributed by atoms with Crippen molar-refractivity contribution < 1.29 is 23.8 Å². The van der Waals surface area contributed by atoms with Crippen LogP contribution in [0.5, 0.6) is 11.6 Å². The summed E-state index contributed by atoms with van der Waals surface area (Å²) in [6.07, 6.45) is 4.89. The minimum Gasteiger partial charge on any atom is -0.491 e. The molecular formula is C22H20N4O5. The van der Waals surface area contributed by atoms with Crippen LogP contribution in [0.2, 0.25) is 0 Å². The van der Waals surface area contributed by atoms with Crippen molar-refractivity contribution in [2.24, 2.45) is 0 Å². The van der Waals surface area contributed by atoms with Crippen molar-refractivity contribution in [3.05, 3.63) is 59.7 Å². The smallest absolute Gasteiger partial charge is 0.310 e. The summed E-state index contributed by atoms with van der Waals surface area (Å²) in [7, 11) is 4.39. The molecule has 0 radical (unpaired) electrons. The van der Waals surface area contributed by atoms with Gasteiger partial charge >= 0.3 is 5.97 Å². The number of pyridine rings is 3. The highest BCUT2D eigenvalue weighted by atomic mass is 16.5. The van der Waals surface area contributed by atoms with E-state index in [0.29, 0.717) is 46.4 Å². The van der Waals surface area contributed by atoms with E-state index in [1.54, 1.807) is 54.9 Å². The zero-order valence-electron chi connectivity index (χ0n) is 17.3. The predicted octanol–water partition coefficient (Wildman–Crippen LogP) is 2.43. The van der Waals surface area contributed by atoms with Gasteiger partial charge in [-0.1, -0.05) is 0 Å². The van der Waals surface area contributed by atoms with Gasteiger partial charge in [0.25, 0.3) is 11.8 Å². The number of rotatable bonds is 6. The maximum absolute atomic E-state index is 12.9. The number of carbonyl (C=O) groups excluding carboxylic acids is 2. The van der Waals surface area contributed by atoms with Gasteiger partial charge in [0.2, 0.25) is 0 Å². The van der Waals surface area contributed by atoms with Gasteiger partial charge in [-0.2, -0.15) is 0 Å². The van der Waals surface area contributed by atoms with E-state index in [4.69, 9.17) is 14.2 Å². The third kappa shape index (κ3) is 3.89. The van der Waals surface area contributed by atoms with Crippen LogP contribution in [0.25, 0.3) is 11.3 Å². The molecule has 3 aromatic rings. The van der Waals surface area contributed by atoms with Crippen LogP contribution in [0.4, 0.5) is 5.69 Å². The lowest BCUT2D eigenvalue weighted by molar-refractivity contribution is -0.139. The molecule has 0 bridgehead atoms. The van der Waals surface area contributed by atoms with E-state index < -0.39 is 0 Å². The normalized spacial score (nSPS) is 12.5. The number of aromatic nitrogens is 3. The first-order valence-electron chi connectivity index (χ1n) is 9.45. The third-order valence-corrected chi connectivity index (χ3v) is 4.95. The van der Waals surface area contributed by atoms with E-state index >= 15 is 0 Å². The highest BCUT2D eigenvalue weighted by Crippen LogP contribution is 2.32. The summed E-state index contributed by atoms with van der Waals surface area (Å²) in [6.45, 7) is 0.298. The quantitative estimate of drug-likeness (QED) is 0.560. The highest BCUT2D eigenvalue weighted by Gasteiger charge is 2.30. The van der Waals surface area contributed by atoms with E-state index in [0.717, 1.165) is 5.56 Å². The van der Waals surface area contributed by atoms with Gasteiger partial charge < -0.3 is 19.1 Å². The SMILES string of the molecule is COC(=O)Cc1cncc(N2Cc3nc(-c4cnc(OC)c(OC)c4)ccc3C2=O)c1. The van der Waals surface area contributed by atoms with Crippen LogP contribution >= 0.6 is 0 Å². The molecule has 0 aromatic carbocycles. The first-order valence-corrected chi connectivity index (χ1v) is 9.45. The zero-order valence-corrected chi connectivity index (χ0v) is 17.3. The molecule has 0 spiro atoms. The summed E-state index contributed by atoms with van der Waals surface area (Å²) in [5.74, 6) is 0.336. The van der Waals surface area contributed by atoms with E-state index in [9.17, 15) is 9.59 Å². The zero-order chi connectivity index (χ0) is 22.0. The molecule has 0 aliphatic carbocycles. The summed E-state index contributed by atoms with van der Waals surface area (Å²) < 4.78 is 15.2. The fraction of sp³-hybridized carbons (Fsp3) is 0.227. The number of hydrogen-bond acceptors (Lipinski definition) is 8. The minimum atomic E-state index is -0.371. The Balaban J connectivity index is 1.62. The average molecular weight is 420 g/mol. The fourth-order valence-electron chi connectivity index (χ4n) is 3.38. The van der Waals surface area contributed by atoms with E-state index in [1.165, 1.54) is 14.2 Å². The first kappa shape index (κ1) is 20.3. The molecule has 3 aromatic heterocycles. The molecular weight excluding hydrogens is 400 g/mol. The average Bonchev–Trinajstić information content (AvgIpc) is 3.14. The van der Waals surface area contributed by atoms with Crippen LogP contribution in [-0.2, 0) is 22.5 Å². The Labute approximate surface area is 178 Å². The molecule has 0 saturated carbocycles. The maximum Gasteiger partial charge on any atom is 0.310 e. The Kier molecular flexibility index (Phi) is 5.48. The number of carbonyl (C=O) groups is 2. The molecule has 4 rings (SSSR count). The van der Waals surface area contributed by atoms with E-state index in [-0.39, 0.29) is 18.3 Å². The van der Waals surface area contributed by atoms with Gasteiger partial charge in [-0.15, -0.1) is 0 Å². The Morgan fingerprint density at radius 1 is 1.10 bits per heavy atom. The van der Waals surface area contributed by atoms with Crippen molar-refractivity contribution in [2.75, 3.05) is 26.2 Å². The molecule has 4 heterocycles.